The minimum Gasteiger partial charge on any atom is -0.481 e. The lowest BCUT2D eigenvalue weighted by atomic mass is 9.42. The third-order valence-electron chi connectivity index (χ3n) is 13.4. The van der Waals surface area contributed by atoms with E-state index in [1.807, 2.05) is 11.1 Å². The van der Waals surface area contributed by atoms with E-state index in [1.165, 1.54) is 57.8 Å². The van der Waals surface area contributed by atoms with Crippen LogP contribution >= 0.6 is 0 Å². The van der Waals surface area contributed by atoms with Crippen molar-refractivity contribution < 1.29 is 9.90 Å². The smallest absolute Gasteiger partial charge is 0.303 e. The molecule has 0 aromatic heterocycles. The van der Waals surface area contributed by atoms with E-state index in [2.05, 4.69) is 67.6 Å². The molecule has 0 aromatic rings. The Morgan fingerprint density at radius 3 is 2.27 bits per heavy atom. The van der Waals surface area contributed by atoms with Crippen molar-refractivity contribution in [1.82, 2.24) is 5.32 Å². The van der Waals surface area contributed by atoms with Crippen LogP contribution in [0.15, 0.2) is 11.1 Å². The number of aliphatic carboxylic acids is 1. The monoisotopic (exact) mass is 513 g/mol. The average molecular weight is 514 g/mol. The Hall–Kier alpha value is -0.830. The van der Waals surface area contributed by atoms with Crippen LogP contribution in [0.2, 0.25) is 0 Å². The summed E-state index contributed by atoms with van der Waals surface area (Å²) in [5.41, 5.74) is 4.79. The fourth-order valence-corrected chi connectivity index (χ4v) is 10.9. The molecule has 0 spiro atoms. The molecule has 2 N–H and O–H groups in total. The molecule has 0 aromatic carbocycles. The third kappa shape index (κ3) is 4.66. The third-order valence-corrected chi connectivity index (χ3v) is 13.4. The highest BCUT2D eigenvalue weighted by atomic mass is 16.4. The SMILES string of the molecule is CCNC(CCC(C)C1CCC2(C)C3=C(CCC12C)C1(C)CCC(CC(=O)O)C(C)(C)C1CC3)C(C)C. The molecule has 2 saturated carbocycles. The first kappa shape index (κ1) is 29.2. The Morgan fingerprint density at radius 1 is 0.946 bits per heavy atom. The summed E-state index contributed by atoms with van der Waals surface area (Å²) in [5.74, 6) is 2.61. The zero-order valence-electron chi connectivity index (χ0n) is 25.8. The van der Waals surface area contributed by atoms with Crippen molar-refractivity contribution >= 4 is 5.97 Å². The van der Waals surface area contributed by atoms with Gasteiger partial charge >= 0.3 is 5.97 Å². The Balaban J connectivity index is 1.57. The highest BCUT2D eigenvalue weighted by molar-refractivity contribution is 5.67. The first-order valence-corrected chi connectivity index (χ1v) is 15.9. The summed E-state index contributed by atoms with van der Waals surface area (Å²) in [6.45, 7) is 23.3. The van der Waals surface area contributed by atoms with Crippen molar-refractivity contribution in [2.45, 2.75) is 139 Å². The first-order chi connectivity index (χ1) is 17.2. The maximum atomic E-state index is 11.6. The van der Waals surface area contributed by atoms with Gasteiger partial charge in [-0.2, -0.15) is 0 Å². The number of hydrogen-bond donors (Lipinski definition) is 2. The van der Waals surface area contributed by atoms with E-state index in [1.54, 1.807) is 0 Å². The normalized spacial score (nSPS) is 40.6. The molecule has 2 fully saturated rings. The van der Waals surface area contributed by atoms with Crippen molar-refractivity contribution in [2.24, 2.45) is 51.2 Å². The first-order valence-electron chi connectivity index (χ1n) is 15.9. The van der Waals surface area contributed by atoms with Gasteiger partial charge < -0.3 is 10.4 Å². The van der Waals surface area contributed by atoms with E-state index in [9.17, 15) is 9.90 Å². The summed E-state index contributed by atoms with van der Waals surface area (Å²) in [4.78, 5) is 11.6. The van der Waals surface area contributed by atoms with Crippen molar-refractivity contribution in [3.05, 3.63) is 11.1 Å². The summed E-state index contributed by atoms with van der Waals surface area (Å²) in [6, 6.07) is 0.642. The average Bonchev–Trinajstić information content (AvgIpc) is 3.09. The summed E-state index contributed by atoms with van der Waals surface area (Å²) in [5, 5.41) is 13.3. The van der Waals surface area contributed by atoms with Crippen molar-refractivity contribution in [3.63, 3.8) is 0 Å². The van der Waals surface area contributed by atoms with Gasteiger partial charge in [0.25, 0.3) is 0 Å². The molecular weight excluding hydrogens is 454 g/mol. The molecule has 4 rings (SSSR count). The maximum absolute atomic E-state index is 11.6. The summed E-state index contributed by atoms with van der Waals surface area (Å²) in [6.07, 6.45) is 13.1. The van der Waals surface area contributed by atoms with Gasteiger partial charge in [0.15, 0.2) is 0 Å². The molecule has 4 aliphatic carbocycles. The fraction of sp³-hybridized carbons (Fsp3) is 0.912. The zero-order chi connectivity index (χ0) is 27.4. The van der Waals surface area contributed by atoms with Crippen LogP contribution in [-0.4, -0.2) is 23.7 Å². The topological polar surface area (TPSA) is 49.3 Å². The van der Waals surface area contributed by atoms with E-state index in [0.29, 0.717) is 41.0 Å². The molecule has 0 aliphatic heterocycles. The quantitative estimate of drug-likeness (QED) is 0.303. The predicted octanol–water partition coefficient (Wildman–Crippen LogP) is 8.88. The highest BCUT2D eigenvalue weighted by Crippen LogP contribution is 2.73. The van der Waals surface area contributed by atoms with Crippen LogP contribution in [0.3, 0.4) is 0 Å². The molecule has 0 radical (unpaired) electrons. The summed E-state index contributed by atoms with van der Waals surface area (Å²) in [7, 11) is 0. The zero-order valence-corrected chi connectivity index (χ0v) is 25.8. The van der Waals surface area contributed by atoms with Gasteiger partial charge in [-0.25, -0.2) is 0 Å². The second-order valence-corrected chi connectivity index (χ2v) is 15.5. The maximum Gasteiger partial charge on any atom is 0.303 e. The molecule has 4 aliphatic rings. The van der Waals surface area contributed by atoms with E-state index < -0.39 is 5.97 Å². The molecule has 8 atom stereocenters. The van der Waals surface area contributed by atoms with Crippen LogP contribution in [0.1, 0.15) is 133 Å². The molecule has 0 saturated heterocycles. The van der Waals surface area contributed by atoms with E-state index in [4.69, 9.17) is 0 Å². The number of carboxylic acid groups (broad SMARTS) is 1. The molecule has 0 amide bonds. The number of rotatable bonds is 9. The number of carbonyl (C=O) groups is 1. The number of nitrogens with one attached hydrogen (secondary N) is 1. The van der Waals surface area contributed by atoms with Gasteiger partial charge in [-0.3, -0.25) is 4.79 Å². The number of carboxylic acids is 1. The largest absolute Gasteiger partial charge is 0.481 e. The van der Waals surface area contributed by atoms with E-state index in [0.717, 1.165) is 24.8 Å². The van der Waals surface area contributed by atoms with Gasteiger partial charge in [0.2, 0.25) is 0 Å². The van der Waals surface area contributed by atoms with Gasteiger partial charge in [-0.15, -0.1) is 0 Å². The molecule has 8 unspecified atom stereocenters. The number of fused-ring (bicyclic) bond motifs is 4. The van der Waals surface area contributed by atoms with Crippen molar-refractivity contribution in [1.29, 1.82) is 0 Å². The molecule has 212 valence electrons. The van der Waals surface area contributed by atoms with Crippen LogP contribution in [0.4, 0.5) is 0 Å². The molecule has 0 heterocycles. The van der Waals surface area contributed by atoms with Crippen LogP contribution in [0.5, 0.6) is 0 Å². The summed E-state index contributed by atoms with van der Waals surface area (Å²) < 4.78 is 0. The Morgan fingerprint density at radius 2 is 1.65 bits per heavy atom. The van der Waals surface area contributed by atoms with Crippen LogP contribution < -0.4 is 5.32 Å². The second kappa shape index (κ2) is 10.3. The van der Waals surface area contributed by atoms with Gasteiger partial charge in [0, 0.05) is 12.5 Å². The minimum absolute atomic E-state index is 0.0950. The minimum atomic E-state index is -0.616. The molecule has 3 nitrogen and oxygen atoms in total. The Bertz CT molecular complexity index is 888. The van der Waals surface area contributed by atoms with Crippen LogP contribution in [-0.2, 0) is 4.79 Å². The number of allylic oxidation sites excluding steroid dienone is 2. The number of hydrogen-bond acceptors (Lipinski definition) is 2. The van der Waals surface area contributed by atoms with Gasteiger partial charge in [-0.1, -0.05) is 73.5 Å². The lowest BCUT2D eigenvalue weighted by Crippen LogP contribution is -2.53. The molecule has 37 heavy (non-hydrogen) atoms. The lowest BCUT2D eigenvalue weighted by molar-refractivity contribution is -0.142. The van der Waals surface area contributed by atoms with Gasteiger partial charge in [-0.05, 0) is 122 Å². The van der Waals surface area contributed by atoms with E-state index in [-0.39, 0.29) is 10.8 Å². The van der Waals surface area contributed by atoms with Crippen LogP contribution in [0.25, 0.3) is 0 Å². The predicted molar refractivity (Wildman–Crippen MR) is 155 cm³/mol. The molecule has 0 bridgehead atoms. The second-order valence-electron chi connectivity index (χ2n) is 15.5. The molecule has 3 heteroatoms. The van der Waals surface area contributed by atoms with Gasteiger partial charge in [0.1, 0.15) is 0 Å². The Kier molecular flexibility index (Phi) is 8.11. The van der Waals surface area contributed by atoms with Crippen LogP contribution in [0, 0.1) is 51.2 Å². The van der Waals surface area contributed by atoms with Crippen molar-refractivity contribution in [2.75, 3.05) is 6.54 Å². The van der Waals surface area contributed by atoms with Crippen molar-refractivity contribution in [3.8, 4) is 0 Å². The summed E-state index contributed by atoms with van der Waals surface area (Å²) >= 11 is 0. The lowest BCUT2D eigenvalue weighted by Gasteiger charge is -2.62. The fourth-order valence-electron chi connectivity index (χ4n) is 10.9. The Labute approximate surface area is 229 Å². The van der Waals surface area contributed by atoms with E-state index >= 15 is 0 Å². The highest BCUT2D eigenvalue weighted by Gasteiger charge is 2.63. The molecular formula is C34H59NO2. The standard InChI is InChI=1S/C34H59NO2/c1-10-35-28(22(2)3)13-11-23(4)25-16-19-34(9)27-12-14-29-31(5,6)24(21-30(36)37)15-18-32(29,7)26(27)17-20-33(25,34)8/h22-25,28-29,35H,10-21H2,1-9H3,(H,36,37). The van der Waals surface area contributed by atoms with Gasteiger partial charge in [0.05, 0.1) is 0 Å².